The molecule has 5 heteroatoms. The normalized spacial score (nSPS) is 23.9. The Morgan fingerprint density at radius 2 is 1.92 bits per heavy atom. The summed E-state index contributed by atoms with van der Waals surface area (Å²) < 4.78 is 0. The van der Waals surface area contributed by atoms with E-state index in [0.29, 0.717) is 25.4 Å². The standard InChI is InChI=1S/C21H31N3O2/c1-3-22-21(26)19-13-17(14-24(19)18-10-6-7-11-18)23-20(25)12-16-9-5-4-8-15(16)2/h4-5,8-9,17-19H,3,6-7,10-14H2,1-2H3,(H,22,26)(H,23,25)/t17-,19-/m0/s1. The predicted octanol–water partition coefficient (Wildman–Crippen LogP) is 2.18. The van der Waals surface area contributed by atoms with Crippen LogP contribution in [0.2, 0.25) is 0 Å². The first kappa shape index (κ1) is 18.9. The molecule has 1 aromatic rings. The molecule has 1 aliphatic carbocycles. The van der Waals surface area contributed by atoms with Gasteiger partial charge < -0.3 is 10.6 Å². The van der Waals surface area contributed by atoms with E-state index in [4.69, 9.17) is 0 Å². The first-order chi connectivity index (χ1) is 12.6. The molecule has 0 aromatic heterocycles. The van der Waals surface area contributed by atoms with Crippen molar-refractivity contribution in [2.24, 2.45) is 0 Å². The number of likely N-dealkylation sites (N-methyl/N-ethyl adjacent to an activating group) is 1. The predicted molar refractivity (Wildman–Crippen MR) is 103 cm³/mol. The average Bonchev–Trinajstić information content (AvgIpc) is 3.26. The van der Waals surface area contributed by atoms with Crippen LogP contribution in [0, 0.1) is 6.92 Å². The second-order valence-corrected chi connectivity index (χ2v) is 7.65. The molecule has 1 heterocycles. The summed E-state index contributed by atoms with van der Waals surface area (Å²) in [7, 11) is 0. The van der Waals surface area contributed by atoms with Crippen LogP contribution in [0.3, 0.4) is 0 Å². The van der Waals surface area contributed by atoms with Crippen LogP contribution in [0.5, 0.6) is 0 Å². The van der Waals surface area contributed by atoms with Gasteiger partial charge in [0.25, 0.3) is 0 Å². The summed E-state index contributed by atoms with van der Waals surface area (Å²) in [5, 5.41) is 6.14. The number of amides is 2. The Kier molecular flexibility index (Phi) is 6.30. The van der Waals surface area contributed by atoms with Crippen LogP contribution in [0.25, 0.3) is 0 Å². The van der Waals surface area contributed by atoms with E-state index in [1.807, 2.05) is 38.1 Å². The molecule has 2 N–H and O–H groups in total. The largest absolute Gasteiger partial charge is 0.355 e. The number of hydrogen-bond acceptors (Lipinski definition) is 3. The lowest BCUT2D eigenvalue weighted by Crippen LogP contribution is -2.47. The van der Waals surface area contributed by atoms with Gasteiger partial charge in [-0.25, -0.2) is 0 Å². The van der Waals surface area contributed by atoms with Crippen LogP contribution in [0.4, 0.5) is 0 Å². The summed E-state index contributed by atoms with van der Waals surface area (Å²) >= 11 is 0. The SMILES string of the molecule is CCNC(=O)[C@@H]1C[C@H](NC(=O)Cc2ccccc2C)CN1C1CCCC1. The van der Waals surface area contributed by atoms with Gasteiger partial charge in [-0.1, -0.05) is 37.1 Å². The number of hydrogen-bond donors (Lipinski definition) is 2. The van der Waals surface area contributed by atoms with Crippen molar-refractivity contribution in [2.45, 2.75) is 70.5 Å². The van der Waals surface area contributed by atoms with Crippen LogP contribution in [-0.2, 0) is 16.0 Å². The minimum atomic E-state index is -0.109. The van der Waals surface area contributed by atoms with Gasteiger partial charge in [-0.15, -0.1) is 0 Å². The van der Waals surface area contributed by atoms with E-state index in [9.17, 15) is 9.59 Å². The number of likely N-dealkylation sites (tertiary alicyclic amines) is 1. The number of rotatable bonds is 6. The lowest BCUT2D eigenvalue weighted by molar-refractivity contribution is -0.126. The van der Waals surface area contributed by atoms with Gasteiger partial charge in [-0.2, -0.15) is 0 Å². The second-order valence-electron chi connectivity index (χ2n) is 7.65. The van der Waals surface area contributed by atoms with Crippen LogP contribution in [0.1, 0.15) is 50.2 Å². The highest BCUT2D eigenvalue weighted by atomic mass is 16.2. The number of nitrogens with one attached hydrogen (secondary N) is 2. The molecule has 142 valence electrons. The molecular formula is C21H31N3O2. The van der Waals surface area contributed by atoms with Gasteiger partial charge in [0.2, 0.25) is 11.8 Å². The lowest BCUT2D eigenvalue weighted by atomic mass is 10.1. The van der Waals surface area contributed by atoms with Gasteiger partial charge in [-0.05, 0) is 44.2 Å². The molecule has 0 spiro atoms. The Balaban J connectivity index is 1.62. The first-order valence-electron chi connectivity index (χ1n) is 9.95. The quantitative estimate of drug-likeness (QED) is 0.820. The molecule has 1 saturated carbocycles. The van der Waals surface area contributed by atoms with E-state index in [-0.39, 0.29) is 23.9 Å². The molecule has 1 aliphatic heterocycles. The number of carbonyl (C=O) groups is 2. The first-order valence-corrected chi connectivity index (χ1v) is 9.95. The summed E-state index contributed by atoms with van der Waals surface area (Å²) in [6.07, 6.45) is 5.93. The van der Waals surface area contributed by atoms with E-state index < -0.39 is 0 Å². The summed E-state index contributed by atoms with van der Waals surface area (Å²) in [4.78, 5) is 27.4. The minimum Gasteiger partial charge on any atom is -0.355 e. The highest BCUT2D eigenvalue weighted by Gasteiger charge is 2.41. The maximum absolute atomic E-state index is 12.5. The molecule has 26 heavy (non-hydrogen) atoms. The third-order valence-electron chi connectivity index (χ3n) is 5.76. The van der Waals surface area contributed by atoms with Crippen molar-refractivity contribution in [1.82, 2.24) is 15.5 Å². The fourth-order valence-corrected chi connectivity index (χ4v) is 4.41. The van der Waals surface area contributed by atoms with Crippen LogP contribution >= 0.6 is 0 Å². The highest BCUT2D eigenvalue weighted by molar-refractivity contribution is 5.83. The minimum absolute atomic E-state index is 0.0484. The third-order valence-corrected chi connectivity index (χ3v) is 5.76. The van der Waals surface area contributed by atoms with Gasteiger partial charge in [0, 0.05) is 25.2 Å². The van der Waals surface area contributed by atoms with Gasteiger partial charge in [0.15, 0.2) is 0 Å². The summed E-state index contributed by atoms with van der Waals surface area (Å²) in [6, 6.07) is 8.43. The molecule has 2 fully saturated rings. The molecule has 1 saturated heterocycles. The van der Waals surface area contributed by atoms with Gasteiger partial charge >= 0.3 is 0 Å². The third kappa shape index (κ3) is 4.44. The molecule has 5 nitrogen and oxygen atoms in total. The van der Waals surface area contributed by atoms with Crippen molar-refractivity contribution >= 4 is 11.8 Å². The van der Waals surface area contributed by atoms with E-state index in [0.717, 1.165) is 17.7 Å². The zero-order valence-electron chi connectivity index (χ0n) is 16.0. The van der Waals surface area contributed by atoms with E-state index >= 15 is 0 Å². The fourth-order valence-electron chi connectivity index (χ4n) is 4.41. The molecule has 1 aromatic carbocycles. The van der Waals surface area contributed by atoms with Gasteiger partial charge in [-0.3, -0.25) is 14.5 Å². The monoisotopic (exact) mass is 357 g/mol. The van der Waals surface area contributed by atoms with Crippen molar-refractivity contribution in [3.8, 4) is 0 Å². The summed E-state index contributed by atoms with van der Waals surface area (Å²) in [5.74, 6) is 0.155. The van der Waals surface area contributed by atoms with Crippen molar-refractivity contribution in [3.05, 3.63) is 35.4 Å². The molecule has 2 atom stereocenters. The van der Waals surface area contributed by atoms with Crippen LogP contribution in [0.15, 0.2) is 24.3 Å². The second kappa shape index (κ2) is 8.67. The molecular weight excluding hydrogens is 326 g/mol. The van der Waals surface area contributed by atoms with Crippen molar-refractivity contribution in [3.63, 3.8) is 0 Å². The highest BCUT2D eigenvalue weighted by Crippen LogP contribution is 2.30. The Bertz CT molecular complexity index is 640. The topological polar surface area (TPSA) is 61.4 Å². The van der Waals surface area contributed by atoms with Crippen molar-refractivity contribution in [2.75, 3.05) is 13.1 Å². The Morgan fingerprint density at radius 3 is 2.62 bits per heavy atom. The summed E-state index contributed by atoms with van der Waals surface area (Å²) in [5.41, 5.74) is 2.21. The van der Waals surface area contributed by atoms with E-state index in [2.05, 4.69) is 15.5 Å². The van der Waals surface area contributed by atoms with Gasteiger partial charge in [0.1, 0.15) is 0 Å². The molecule has 0 bridgehead atoms. The molecule has 2 aliphatic rings. The Morgan fingerprint density at radius 1 is 1.19 bits per heavy atom. The number of benzene rings is 1. The number of nitrogens with zero attached hydrogens (tertiary/aromatic N) is 1. The smallest absolute Gasteiger partial charge is 0.237 e. The zero-order chi connectivity index (χ0) is 18.5. The molecule has 3 rings (SSSR count). The Hall–Kier alpha value is -1.88. The fraction of sp³-hybridized carbons (Fsp3) is 0.619. The number of aryl methyl sites for hydroxylation is 1. The van der Waals surface area contributed by atoms with E-state index in [1.165, 1.54) is 25.7 Å². The average molecular weight is 357 g/mol. The maximum atomic E-state index is 12.5. The maximum Gasteiger partial charge on any atom is 0.237 e. The lowest BCUT2D eigenvalue weighted by Gasteiger charge is -2.29. The van der Waals surface area contributed by atoms with Crippen molar-refractivity contribution < 1.29 is 9.59 Å². The number of carbonyl (C=O) groups excluding carboxylic acids is 2. The summed E-state index contributed by atoms with van der Waals surface area (Å²) in [6.45, 7) is 5.42. The van der Waals surface area contributed by atoms with Crippen LogP contribution < -0.4 is 10.6 Å². The zero-order valence-corrected chi connectivity index (χ0v) is 16.0. The van der Waals surface area contributed by atoms with Crippen molar-refractivity contribution in [1.29, 1.82) is 0 Å². The van der Waals surface area contributed by atoms with Crippen LogP contribution in [-0.4, -0.2) is 47.9 Å². The Labute approximate surface area is 156 Å². The molecule has 0 unspecified atom stereocenters. The molecule has 2 amide bonds. The molecule has 0 radical (unpaired) electrons. The van der Waals surface area contributed by atoms with Gasteiger partial charge in [0.05, 0.1) is 12.5 Å². The van der Waals surface area contributed by atoms with E-state index in [1.54, 1.807) is 0 Å².